The van der Waals surface area contributed by atoms with Crippen LogP contribution in [-0.2, 0) is 4.79 Å². The lowest BCUT2D eigenvalue weighted by Gasteiger charge is -2.06. The molecule has 0 bridgehead atoms. The number of aromatic nitrogens is 1. The molecule has 0 aliphatic carbocycles. The molecular weight excluding hydrogens is 294 g/mol. The number of rotatable bonds is 4. The van der Waals surface area contributed by atoms with Gasteiger partial charge in [-0.2, -0.15) is 5.26 Å². The van der Waals surface area contributed by atoms with Gasteiger partial charge in [-0.15, -0.1) is 0 Å². The van der Waals surface area contributed by atoms with Crippen molar-refractivity contribution in [1.82, 2.24) is 4.98 Å². The van der Waals surface area contributed by atoms with Crippen molar-refractivity contribution < 1.29 is 4.79 Å². The maximum atomic E-state index is 11.8. The molecule has 100 valence electrons. The molecule has 0 fully saturated rings. The van der Waals surface area contributed by atoms with Gasteiger partial charge >= 0.3 is 0 Å². The largest absolute Gasteiger partial charge is 0.325 e. The van der Waals surface area contributed by atoms with Crippen molar-refractivity contribution in [1.29, 1.82) is 5.26 Å². The molecule has 0 saturated heterocycles. The zero-order valence-electron chi connectivity index (χ0n) is 10.3. The first-order valence-electron chi connectivity index (χ1n) is 5.72. The Kier molecular flexibility index (Phi) is 4.99. The van der Waals surface area contributed by atoms with Crippen molar-refractivity contribution in [2.75, 3.05) is 11.1 Å². The standard InChI is InChI=1S/C14H10ClN3OS/c15-12-7-11(5-4-10(12)8-16)18-13(19)9-20-14-3-1-2-6-17-14/h1-7H,9H2,(H,18,19). The van der Waals surface area contributed by atoms with E-state index in [1.165, 1.54) is 11.8 Å². The Morgan fingerprint density at radius 1 is 1.40 bits per heavy atom. The number of hydrogen-bond acceptors (Lipinski definition) is 4. The molecule has 2 rings (SSSR count). The van der Waals surface area contributed by atoms with Gasteiger partial charge in [0.25, 0.3) is 0 Å². The molecule has 0 unspecified atom stereocenters. The van der Waals surface area contributed by atoms with E-state index in [9.17, 15) is 4.79 Å². The maximum Gasteiger partial charge on any atom is 0.234 e. The van der Waals surface area contributed by atoms with Gasteiger partial charge in [0.2, 0.25) is 5.91 Å². The van der Waals surface area contributed by atoms with Crippen LogP contribution in [0.1, 0.15) is 5.56 Å². The first-order chi connectivity index (χ1) is 9.69. The van der Waals surface area contributed by atoms with E-state index in [-0.39, 0.29) is 11.7 Å². The third kappa shape index (κ3) is 3.98. The summed E-state index contributed by atoms with van der Waals surface area (Å²) < 4.78 is 0. The summed E-state index contributed by atoms with van der Waals surface area (Å²) in [5, 5.41) is 12.6. The van der Waals surface area contributed by atoms with E-state index in [0.29, 0.717) is 16.3 Å². The van der Waals surface area contributed by atoms with Crippen LogP contribution >= 0.6 is 23.4 Å². The number of pyridine rings is 1. The van der Waals surface area contributed by atoms with Crippen LogP contribution in [0.2, 0.25) is 5.02 Å². The number of thioether (sulfide) groups is 1. The number of carbonyl (C=O) groups is 1. The number of carbonyl (C=O) groups excluding carboxylic acids is 1. The number of nitrogens with one attached hydrogen (secondary N) is 1. The highest BCUT2D eigenvalue weighted by Crippen LogP contribution is 2.21. The lowest BCUT2D eigenvalue weighted by atomic mass is 10.2. The minimum atomic E-state index is -0.151. The molecule has 1 N–H and O–H groups in total. The minimum absolute atomic E-state index is 0.151. The Labute approximate surface area is 125 Å². The van der Waals surface area contributed by atoms with Crippen molar-refractivity contribution >= 4 is 35.0 Å². The second-order valence-electron chi connectivity index (χ2n) is 3.81. The molecule has 2 aromatic rings. The number of nitriles is 1. The molecule has 0 aliphatic rings. The van der Waals surface area contributed by atoms with Gasteiger partial charge in [0.15, 0.2) is 0 Å². The number of anilines is 1. The van der Waals surface area contributed by atoms with Gasteiger partial charge in [0.05, 0.1) is 21.4 Å². The lowest BCUT2D eigenvalue weighted by Crippen LogP contribution is -2.14. The average molecular weight is 304 g/mol. The summed E-state index contributed by atoms with van der Waals surface area (Å²) in [6.45, 7) is 0. The maximum absolute atomic E-state index is 11.8. The summed E-state index contributed by atoms with van der Waals surface area (Å²) in [7, 11) is 0. The first-order valence-corrected chi connectivity index (χ1v) is 7.09. The zero-order chi connectivity index (χ0) is 14.4. The molecule has 1 aromatic carbocycles. The molecule has 1 amide bonds. The second-order valence-corrected chi connectivity index (χ2v) is 5.21. The van der Waals surface area contributed by atoms with Gasteiger partial charge in [-0.05, 0) is 30.3 Å². The molecule has 0 atom stereocenters. The zero-order valence-corrected chi connectivity index (χ0v) is 11.9. The monoisotopic (exact) mass is 303 g/mol. The van der Waals surface area contributed by atoms with Crippen LogP contribution in [0.15, 0.2) is 47.6 Å². The number of nitrogens with zero attached hydrogens (tertiary/aromatic N) is 2. The van der Waals surface area contributed by atoms with Crippen molar-refractivity contribution in [2.45, 2.75) is 5.03 Å². The molecule has 0 radical (unpaired) electrons. The molecule has 20 heavy (non-hydrogen) atoms. The Morgan fingerprint density at radius 2 is 2.25 bits per heavy atom. The topological polar surface area (TPSA) is 65.8 Å². The molecule has 1 heterocycles. The molecule has 0 aliphatic heterocycles. The predicted molar refractivity (Wildman–Crippen MR) is 79.8 cm³/mol. The third-order valence-corrected chi connectivity index (χ3v) is 3.62. The van der Waals surface area contributed by atoms with E-state index in [2.05, 4.69) is 10.3 Å². The number of halogens is 1. The fourth-order valence-corrected chi connectivity index (χ4v) is 2.34. The van der Waals surface area contributed by atoms with Gasteiger partial charge in [-0.3, -0.25) is 4.79 Å². The number of hydrogen-bond donors (Lipinski definition) is 1. The highest BCUT2D eigenvalue weighted by molar-refractivity contribution is 7.99. The number of amides is 1. The van der Waals surface area contributed by atoms with Crippen LogP contribution in [-0.4, -0.2) is 16.6 Å². The highest BCUT2D eigenvalue weighted by Gasteiger charge is 2.06. The van der Waals surface area contributed by atoms with Gasteiger partial charge in [-0.1, -0.05) is 29.4 Å². The van der Waals surface area contributed by atoms with Gasteiger partial charge in [0, 0.05) is 11.9 Å². The van der Waals surface area contributed by atoms with E-state index in [1.54, 1.807) is 24.4 Å². The normalized spacial score (nSPS) is 9.80. The molecule has 6 heteroatoms. The van der Waals surface area contributed by atoms with Crippen LogP contribution in [0.4, 0.5) is 5.69 Å². The van der Waals surface area contributed by atoms with Crippen molar-refractivity contribution in [2.24, 2.45) is 0 Å². The quantitative estimate of drug-likeness (QED) is 0.880. The Balaban J connectivity index is 1.92. The van der Waals surface area contributed by atoms with E-state index in [1.807, 2.05) is 24.3 Å². The van der Waals surface area contributed by atoms with Gasteiger partial charge < -0.3 is 5.32 Å². The van der Waals surface area contributed by atoms with Crippen molar-refractivity contribution in [3.63, 3.8) is 0 Å². The molecule has 0 spiro atoms. The Hall–Kier alpha value is -2.03. The fourth-order valence-electron chi connectivity index (χ4n) is 1.45. The summed E-state index contributed by atoms with van der Waals surface area (Å²) in [5.74, 6) is 0.107. The summed E-state index contributed by atoms with van der Waals surface area (Å²) in [6, 6.07) is 12.3. The van der Waals surface area contributed by atoms with Crippen LogP contribution in [0, 0.1) is 11.3 Å². The summed E-state index contributed by atoms with van der Waals surface area (Å²) in [6.07, 6.45) is 1.68. The Bertz CT molecular complexity index is 655. The second kappa shape index (κ2) is 6.94. The first kappa shape index (κ1) is 14.4. The summed E-state index contributed by atoms with van der Waals surface area (Å²) in [4.78, 5) is 15.9. The van der Waals surface area contributed by atoms with Crippen LogP contribution < -0.4 is 5.32 Å². The van der Waals surface area contributed by atoms with E-state index >= 15 is 0 Å². The van der Waals surface area contributed by atoms with E-state index < -0.39 is 0 Å². The van der Waals surface area contributed by atoms with Crippen molar-refractivity contribution in [3.05, 3.63) is 53.2 Å². The number of benzene rings is 1. The predicted octanol–water partition coefficient (Wildman–Crippen LogP) is 3.34. The summed E-state index contributed by atoms with van der Waals surface area (Å²) >= 11 is 7.25. The summed E-state index contributed by atoms with van der Waals surface area (Å²) in [5.41, 5.74) is 0.952. The van der Waals surface area contributed by atoms with Gasteiger partial charge in [-0.25, -0.2) is 4.98 Å². The highest BCUT2D eigenvalue weighted by atomic mass is 35.5. The SMILES string of the molecule is N#Cc1ccc(NC(=O)CSc2ccccn2)cc1Cl. The fraction of sp³-hybridized carbons (Fsp3) is 0.0714. The minimum Gasteiger partial charge on any atom is -0.325 e. The molecule has 4 nitrogen and oxygen atoms in total. The third-order valence-electron chi connectivity index (χ3n) is 2.36. The van der Waals surface area contributed by atoms with Crippen LogP contribution in [0.5, 0.6) is 0 Å². The van der Waals surface area contributed by atoms with Crippen LogP contribution in [0.25, 0.3) is 0 Å². The molecular formula is C14H10ClN3OS. The smallest absolute Gasteiger partial charge is 0.234 e. The molecule has 0 saturated carbocycles. The van der Waals surface area contributed by atoms with Gasteiger partial charge in [0.1, 0.15) is 6.07 Å². The van der Waals surface area contributed by atoms with E-state index in [0.717, 1.165) is 5.03 Å². The van der Waals surface area contributed by atoms with Crippen molar-refractivity contribution in [3.8, 4) is 6.07 Å². The lowest BCUT2D eigenvalue weighted by molar-refractivity contribution is -0.113. The average Bonchev–Trinajstić information content (AvgIpc) is 2.46. The van der Waals surface area contributed by atoms with E-state index in [4.69, 9.17) is 16.9 Å². The van der Waals surface area contributed by atoms with Crippen LogP contribution in [0.3, 0.4) is 0 Å². The molecule has 1 aromatic heterocycles. The Morgan fingerprint density at radius 3 is 2.90 bits per heavy atom.